The number of nitrogens with two attached hydrogens (primary N) is 3. The van der Waals surface area contributed by atoms with Crippen molar-refractivity contribution in [3.8, 4) is 17.2 Å². The normalized spacial score (nSPS) is 11.6. The van der Waals surface area contributed by atoms with Crippen molar-refractivity contribution in [3.05, 3.63) is 176 Å². The molecule has 318 valence electrons. The maximum atomic E-state index is 10.8. The highest BCUT2D eigenvalue weighted by atomic mass is 16.3. The Bertz CT molecular complexity index is 2390. The second kappa shape index (κ2) is 19.0. The molecule has 0 aromatic heterocycles. The second-order valence-electron chi connectivity index (χ2n) is 19.3. The van der Waals surface area contributed by atoms with Crippen LogP contribution in [0.3, 0.4) is 0 Å². The Morgan fingerprint density at radius 1 is 0.383 bits per heavy atom. The number of aryl methyl sites for hydroxylation is 3. The second-order valence-corrected chi connectivity index (χ2v) is 19.3. The van der Waals surface area contributed by atoms with Crippen LogP contribution < -0.4 is 17.2 Å². The quantitative estimate of drug-likeness (QED) is 0.0927. The Morgan fingerprint density at radius 2 is 0.733 bits per heavy atom. The largest absolute Gasteiger partial charge is 0.507 e. The van der Waals surface area contributed by atoms with Crippen LogP contribution in [0.2, 0.25) is 0 Å². The zero-order valence-electron chi connectivity index (χ0n) is 38.1. The van der Waals surface area contributed by atoms with Crippen LogP contribution in [0.5, 0.6) is 17.2 Å². The Balaban J connectivity index is 0.000000201. The molecule has 0 unspecified atom stereocenters. The number of hydrogen-bond acceptors (Lipinski definition) is 6. The number of para-hydroxylation sites is 3. The van der Waals surface area contributed by atoms with E-state index in [0.717, 1.165) is 80.0 Å². The van der Waals surface area contributed by atoms with Crippen molar-refractivity contribution in [3.63, 3.8) is 0 Å². The lowest BCUT2D eigenvalue weighted by molar-refractivity contribution is 0.439. The zero-order chi connectivity index (χ0) is 44.7. The highest BCUT2D eigenvalue weighted by Crippen LogP contribution is 2.39. The molecule has 6 aromatic carbocycles. The molecule has 6 nitrogen and oxygen atoms in total. The molecule has 0 heterocycles. The smallest absolute Gasteiger partial charge is 0.122 e. The highest BCUT2D eigenvalue weighted by molar-refractivity contribution is 5.55. The van der Waals surface area contributed by atoms with E-state index >= 15 is 0 Å². The van der Waals surface area contributed by atoms with Crippen molar-refractivity contribution >= 4 is 17.1 Å². The Morgan fingerprint density at radius 3 is 1.12 bits per heavy atom. The summed E-state index contributed by atoms with van der Waals surface area (Å²) in [5.74, 6) is 1.19. The summed E-state index contributed by atoms with van der Waals surface area (Å²) in [6.07, 6.45) is 2.23. The lowest BCUT2D eigenvalue weighted by atomic mass is 9.78. The monoisotopic (exact) mass is 808 g/mol. The fraction of sp³-hybridized carbons (Fsp3) is 0.333. The van der Waals surface area contributed by atoms with Crippen LogP contribution >= 0.6 is 0 Å². The minimum absolute atomic E-state index is 0.0324. The molecule has 0 aliphatic carbocycles. The number of rotatable bonds is 6. The average Bonchev–Trinajstić information content (AvgIpc) is 3.15. The summed E-state index contributed by atoms with van der Waals surface area (Å²) >= 11 is 0. The number of anilines is 3. The van der Waals surface area contributed by atoms with Gasteiger partial charge in [-0.1, -0.05) is 153 Å². The van der Waals surface area contributed by atoms with Crippen LogP contribution in [-0.2, 0) is 35.5 Å². The lowest BCUT2D eigenvalue weighted by Gasteiger charge is -2.27. The molecule has 6 rings (SSSR count). The molecule has 9 N–H and O–H groups in total. The molecular formula is C54H69N3O3. The van der Waals surface area contributed by atoms with Crippen LogP contribution in [0, 0.1) is 20.8 Å². The summed E-state index contributed by atoms with van der Waals surface area (Å²) in [7, 11) is 0. The fourth-order valence-corrected chi connectivity index (χ4v) is 7.24. The third-order valence-electron chi connectivity index (χ3n) is 10.9. The summed E-state index contributed by atoms with van der Waals surface area (Å²) < 4.78 is 0. The van der Waals surface area contributed by atoms with Crippen molar-refractivity contribution in [1.82, 2.24) is 0 Å². The molecule has 0 spiro atoms. The van der Waals surface area contributed by atoms with Gasteiger partial charge in [-0.3, -0.25) is 0 Å². The Hall–Kier alpha value is -5.88. The molecule has 0 aliphatic heterocycles. The zero-order valence-corrected chi connectivity index (χ0v) is 38.1. The first-order valence-electron chi connectivity index (χ1n) is 20.9. The van der Waals surface area contributed by atoms with Gasteiger partial charge in [0.1, 0.15) is 17.2 Å². The maximum Gasteiger partial charge on any atom is 0.122 e. The lowest BCUT2D eigenvalue weighted by Crippen LogP contribution is -2.17. The van der Waals surface area contributed by atoms with Crippen LogP contribution in [0.25, 0.3) is 0 Å². The van der Waals surface area contributed by atoms with Crippen molar-refractivity contribution in [2.75, 3.05) is 17.2 Å². The summed E-state index contributed by atoms with van der Waals surface area (Å²) in [5, 5.41) is 30.8. The molecule has 0 saturated heterocycles. The van der Waals surface area contributed by atoms with Crippen molar-refractivity contribution in [2.45, 2.75) is 119 Å². The van der Waals surface area contributed by atoms with Gasteiger partial charge in [0.2, 0.25) is 0 Å². The number of nitrogen functional groups attached to an aromatic ring is 3. The van der Waals surface area contributed by atoms with Crippen LogP contribution in [0.4, 0.5) is 17.1 Å². The summed E-state index contributed by atoms with van der Waals surface area (Å²) in [4.78, 5) is 0. The fourth-order valence-electron chi connectivity index (χ4n) is 7.24. The van der Waals surface area contributed by atoms with Gasteiger partial charge in [-0.15, -0.1) is 0 Å². The topological polar surface area (TPSA) is 139 Å². The molecular weight excluding hydrogens is 739 g/mol. The third kappa shape index (κ3) is 12.3. The van der Waals surface area contributed by atoms with Gasteiger partial charge in [-0.05, 0) is 135 Å². The standard InChI is InChI=1S/C21H29NO.C18H23NO.C15H17NO/c1-20(2,3)16-12-15(11-14-9-7-8-10-18(14)22)19(23)17(13-16)21(4,5)6;1-12-9-13(10-14-7-5-6-8-16(14)19)11-15(17(12)20)18(2,3)4;1-10-7-12(8-11(2)15(10)17)9-13-5-3-4-6-14(13)16/h7-10,12-13,23H,11,22H2,1-6H3;5-9,11,20H,10,19H2,1-4H3;3-8,17H,9,16H2,1-2H3. The molecule has 0 saturated carbocycles. The van der Waals surface area contributed by atoms with Gasteiger partial charge in [0, 0.05) is 23.5 Å². The van der Waals surface area contributed by atoms with E-state index in [2.05, 4.69) is 80.5 Å². The number of phenolic OH excluding ortho intramolecular Hbond substituents is 3. The molecule has 0 amide bonds. The molecule has 0 fully saturated rings. The van der Waals surface area contributed by atoms with Gasteiger partial charge >= 0.3 is 0 Å². The molecule has 60 heavy (non-hydrogen) atoms. The van der Waals surface area contributed by atoms with Gasteiger partial charge in [-0.25, -0.2) is 0 Å². The van der Waals surface area contributed by atoms with Crippen LogP contribution in [0.1, 0.15) is 129 Å². The van der Waals surface area contributed by atoms with Gasteiger partial charge < -0.3 is 32.5 Å². The molecule has 6 aromatic rings. The number of benzene rings is 6. The minimum atomic E-state index is -0.109. The first-order valence-corrected chi connectivity index (χ1v) is 20.9. The van der Waals surface area contributed by atoms with E-state index in [1.807, 2.05) is 112 Å². The molecule has 0 radical (unpaired) electrons. The van der Waals surface area contributed by atoms with Gasteiger partial charge in [0.05, 0.1) is 0 Å². The number of aromatic hydroxyl groups is 3. The number of phenols is 3. The van der Waals surface area contributed by atoms with Crippen molar-refractivity contribution < 1.29 is 15.3 Å². The molecule has 0 bridgehead atoms. The number of hydrogen-bond donors (Lipinski definition) is 6. The van der Waals surface area contributed by atoms with E-state index in [1.165, 1.54) is 16.7 Å². The van der Waals surface area contributed by atoms with Crippen molar-refractivity contribution in [2.24, 2.45) is 0 Å². The Labute approximate surface area is 360 Å². The van der Waals surface area contributed by atoms with Crippen LogP contribution in [-0.4, -0.2) is 15.3 Å². The molecule has 0 atom stereocenters. The Kier molecular flexibility index (Phi) is 14.8. The van der Waals surface area contributed by atoms with E-state index in [1.54, 1.807) is 0 Å². The van der Waals surface area contributed by atoms with E-state index in [-0.39, 0.29) is 16.2 Å². The van der Waals surface area contributed by atoms with E-state index in [4.69, 9.17) is 17.2 Å². The average molecular weight is 808 g/mol. The first kappa shape index (κ1) is 46.8. The predicted octanol–water partition coefficient (Wildman–Crippen LogP) is 12.5. The highest BCUT2D eigenvalue weighted by Gasteiger charge is 2.25. The van der Waals surface area contributed by atoms with Gasteiger partial charge in [-0.2, -0.15) is 0 Å². The predicted molar refractivity (Wildman–Crippen MR) is 256 cm³/mol. The molecule has 6 heteroatoms. The molecule has 0 aliphatic rings. The SMILES string of the molecule is CC(C)(C)c1cc(Cc2ccccc2N)c(O)c(C(C)(C)C)c1.Cc1cc(Cc2ccccc2N)cc(C(C)(C)C)c1O.Cc1cc(Cc2ccccc2N)cc(C)c1O. The van der Waals surface area contributed by atoms with Crippen LogP contribution in [0.15, 0.2) is 109 Å². The van der Waals surface area contributed by atoms with E-state index in [0.29, 0.717) is 23.7 Å². The summed E-state index contributed by atoms with van der Waals surface area (Å²) in [6, 6.07) is 36.1. The maximum absolute atomic E-state index is 10.8. The third-order valence-corrected chi connectivity index (χ3v) is 10.9. The summed E-state index contributed by atoms with van der Waals surface area (Å²) in [5.41, 5.74) is 32.8. The van der Waals surface area contributed by atoms with E-state index < -0.39 is 0 Å². The minimum Gasteiger partial charge on any atom is -0.507 e. The first-order chi connectivity index (χ1) is 27.9. The van der Waals surface area contributed by atoms with Gasteiger partial charge in [0.25, 0.3) is 0 Å². The summed E-state index contributed by atoms with van der Waals surface area (Å²) in [6.45, 7) is 25.1. The van der Waals surface area contributed by atoms with Gasteiger partial charge in [0.15, 0.2) is 0 Å². The van der Waals surface area contributed by atoms with E-state index in [9.17, 15) is 15.3 Å². The van der Waals surface area contributed by atoms with Crippen molar-refractivity contribution in [1.29, 1.82) is 0 Å².